The second-order valence-electron chi connectivity index (χ2n) is 3.70. The molecular weight excluding hydrogens is 154 g/mol. The normalized spacial score (nSPS) is 11.9. The largest absolute Gasteiger partial charge is 0.325 e. The van der Waals surface area contributed by atoms with Gasteiger partial charge in [0.25, 0.3) is 0 Å². The molecule has 0 fully saturated rings. The first kappa shape index (κ1) is 9.06. The van der Waals surface area contributed by atoms with Crippen molar-refractivity contribution >= 4 is 0 Å². The fourth-order valence-electron chi connectivity index (χ4n) is 0.934. The highest BCUT2D eigenvalue weighted by Gasteiger charge is 2.10. The van der Waals surface area contributed by atoms with Crippen LogP contribution in [-0.4, -0.2) is 15.1 Å². The van der Waals surface area contributed by atoms with E-state index in [1.165, 1.54) is 0 Å². The van der Waals surface area contributed by atoms with Crippen LogP contribution in [0, 0.1) is 0 Å². The van der Waals surface area contributed by atoms with Crippen LogP contribution >= 0.6 is 0 Å². The number of rotatable bonds is 3. The van der Waals surface area contributed by atoms with Crippen LogP contribution in [0.1, 0.15) is 20.3 Å². The summed E-state index contributed by atoms with van der Waals surface area (Å²) >= 11 is 0. The van der Waals surface area contributed by atoms with Crippen LogP contribution in [0.3, 0.4) is 0 Å². The van der Waals surface area contributed by atoms with E-state index in [0.29, 0.717) is 6.54 Å². The molecule has 0 aliphatic rings. The highest BCUT2D eigenvalue weighted by atomic mass is 16.1. The number of aromatic nitrogens is 2. The van der Waals surface area contributed by atoms with Gasteiger partial charge in [-0.05, 0) is 20.3 Å². The quantitative estimate of drug-likeness (QED) is 0.683. The van der Waals surface area contributed by atoms with Crippen LogP contribution in [-0.2, 0) is 6.54 Å². The maximum absolute atomic E-state index is 11.0. The molecule has 0 saturated heterocycles. The van der Waals surface area contributed by atoms with Crippen molar-refractivity contribution in [3.05, 3.63) is 22.9 Å². The summed E-state index contributed by atoms with van der Waals surface area (Å²) in [4.78, 5) is 13.6. The minimum Gasteiger partial charge on any atom is -0.325 e. The Morgan fingerprint density at radius 3 is 2.75 bits per heavy atom. The Balaban J connectivity index is 2.55. The number of nitrogens with zero attached hydrogens (tertiary/aromatic N) is 1. The van der Waals surface area contributed by atoms with Crippen molar-refractivity contribution in [2.45, 2.75) is 32.4 Å². The molecule has 1 aromatic rings. The van der Waals surface area contributed by atoms with Gasteiger partial charge in [0.1, 0.15) is 0 Å². The van der Waals surface area contributed by atoms with Crippen molar-refractivity contribution < 1.29 is 0 Å². The Bertz CT molecular complexity index is 292. The number of aryl methyl sites for hydroxylation is 1. The van der Waals surface area contributed by atoms with Gasteiger partial charge in [0.2, 0.25) is 0 Å². The molecule has 0 spiro atoms. The highest BCUT2D eigenvalue weighted by molar-refractivity contribution is 4.78. The van der Waals surface area contributed by atoms with Gasteiger partial charge in [-0.15, -0.1) is 0 Å². The average molecular weight is 169 g/mol. The van der Waals surface area contributed by atoms with Crippen LogP contribution in [0.2, 0.25) is 0 Å². The third kappa shape index (κ3) is 2.54. The van der Waals surface area contributed by atoms with Gasteiger partial charge in [-0.1, -0.05) is 0 Å². The number of imidazole rings is 1. The zero-order chi connectivity index (χ0) is 9.19. The zero-order valence-electron chi connectivity index (χ0n) is 7.50. The number of nitrogens with one attached hydrogen (secondary N) is 1. The fourth-order valence-corrected chi connectivity index (χ4v) is 0.934. The van der Waals surface area contributed by atoms with E-state index < -0.39 is 0 Å². The molecule has 1 aromatic heterocycles. The van der Waals surface area contributed by atoms with Gasteiger partial charge in [-0.2, -0.15) is 0 Å². The van der Waals surface area contributed by atoms with E-state index in [-0.39, 0.29) is 11.2 Å². The highest BCUT2D eigenvalue weighted by Crippen LogP contribution is 2.03. The van der Waals surface area contributed by atoms with Crippen LogP contribution in [0.15, 0.2) is 17.2 Å². The summed E-state index contributed by atoms with van der Waals surface area (Å²) < 4.78 is 1.62. The molecule has 0 aliphatic heterocycles. The first-order chi connectivity index (χ1) is 5.49. The lowest BCUT2D eigenvalue weighted by molar-refractivity contribution is 0.432. The molecule has 0 amide bonds. The molecule has 0 aliphatic carbocycles. The van der Waals surface area contributed by atoms with Crippen LogP contribution < -0.4 is 11.4 Å². The summed E-state index contributed by atoms with van der Waals surface area (Å²) in [6, 6.07) is 0. The number of hydrogen-bond acceptors (Lipinski definition) is 2. The Labute approximate surface area is 71.4 Å². The molecule has 4 heteroatoms. The molecule has 3 N–H and O–H groups in total. The standard InChI is InChI=1S/C8H15N3O/c1-8(2,9)3-5-11-6-4-10-7(11)12/h4,6H,3,5,9H2,1-2H3,(H,10,12). The maximum Gasteiger partial charge on any atom is 0.325 e. The average Bonchev–Trinajstić information content (AvgIpc) is 2.29. The molecule has 1 rings (SSSR count). The Morgan fingerprint density at radius 1 is 1.67 bits per heavy atom. The second kappa shape index (κ2) is 3.15. The summed E-state index contributed by atoms with van der Waals surface area (Å²) in [7, 11) is 0. The molecule has 0 radical (unpaired) electrons. The van der Waals surface area contributed by atoms with E-state index in [4.69, 9.17) is 5.73 Å². The third-order valence-electron chi connectivity index (χ3n) is 1.72. The Kier molecular flexibility index (Phi) is 2.38. The van der Waals surface area contributed by atoms with E-state index in [2.05, 4.69) is 4.98 Å². The number of nitrogens with two attached hydrogens (primary N) is 1. The third-order valence-corrected chi connectivity index (χ3v) is 1.72. The van der Waals surface area contributed by atoms with Gasteiger partial charge >= 0.3 is 5.69 Å². The van der Waals surface area contributed by atoms with Gasteiger partial charge in [-0.25, -0.2) is 4.79 Å². The van der Waals surface area contributed by atoms with Gasteiger partial charge < -0.3 is 10.7 Å². The lowest BCUT2D eigenvalue weighted by Gasteiger charge is -2.17. The zero-order valence-corrected chi connectivity index (χ0v) is 7.50. The lowest BCUT2D eigenvalue weighted by atomic mass is 10.0. The van der Waals surface area contributed by atoms with Crippen molar-refractivity contribution in [1.29, 1.82) is 0 Å². The van der Waals surface area contributed by atoms with Gasteiger partial charge in [-0.3, -0.25) is 4.57 Å². The molecular formula is C8H15N3O. The molecule has 68 valence electrons. The Morgan fingerprint density at radius 2 is 2.33 bits per heavy atom. The van der Waals surface area contributed by atoms with E-state index in [1.807, 2.05) is 13.8 Å². The van der Waals surface area contributed by atoms with Gasteiger partial charge in [0.15, 0.2) is 0 Å². The molecule has 0 unspecified atom stereocenters. The molecule has 12 heavy (non-hydrogen) atoms. The molecule has 4 nitrogen and oxygen atoms in total. The molecule has 0 bridgehead atoms. The maximum atomic E-state index is 11.0. The summed E-state index contributed by atoms with van der Waals surface area (Å²) in [5, 5.41) is 0. The van der Waals surface area contributed by atoms with Gasteiger partial charge in [0, 0.05) is 24.5 Å². The topological polar surface area (TPSA) is 63.8 Å². The van der Waals surface area contributed by atoms with Crippen molar-refractivity contribution in [1.82, 2.24) is 9.55 Å². The van der Waals surface area contributed by atoms with Crippen molar-refractivity contribution in [2.24, 2.45) is 5.73 Å². The van der Waals surface area contributed by atoms with Crippen molar-refractivity contribution in [3.8, 4) is 0 Å². The van der Waals surface area contributed by atoms with E-state index in [9.17, 15) is 4.79 Å². The first-order valence-corrected chi connectivity index (χ1v) is 4.02. The fraction of sp³-hybridized carbons (Fsp3) is 0.625. The number of aromatic amines is 1. The van der Waals surface area contributed by atoms with Crippen molar-refractivity contribution in [3.63, 3.8) is 0 Å². The van der Waals surface area contributed by atoms with Gasteiger partial charge in [0.05, 0.1) is 0 Å². The Hall–Kier alpha value is -1.03. The summed E-state index contributed by atoms with van der Waals surface area (Å²) in [5.41, 5.74) is 5.49. The number of H-pyrrole nitrogens is 1. The lowest BCUT2D eigenvalue weighted by Crippen LogP contribution is -2.34. The monoisotopic (exact) mass is 169 g/mol. The molecule has 0 aromatic carbocycles. The predicted octanol–water partition coefficient (Wildman–Crippen LogP) is 0.304. The second-order valence-corrected chi connectivity index (χ2v) is 3.70. The SMILES string of the molecule is CC(C)(N)CCn1cc[nH]c1=O. The predicted molar refractivity (Wildman–Crippen MR) is 47.9 cm³/mol. The first-order valence-electron chi connectivity index (χ1n) is 4.02. The van der Waals surface area contributed by atoms with Crippen LogP contribution in [0.5, 0.6) is 0 Å². The summed E-state index contributed by atoms with van der Waals surface area (Å²) in [6.45, 7) is 4.57. The van der Waals surface area contributed by atoms with E-state index in [1.54, 1.807) is 17.0 Å². The minimum atomic E-state index is -0.212. The number of hydrogen-bond donors (Lipinski definition) is 2. The van der Waals surface area contributed by atoms with Crippen molar-refractivity contribution in [2.75, 3.05) is 0 Å². The minimum absolute atomic E-state index is 0.0701. The van der Waals surface area contributed by atoms with E-state index >= 15 is 0 Å². The summed E-state index contributed by atoms with van der Waals surface area (Å²) in [6.07, 6.45) is 4.16. The van der Waals surface area contributed by atoms with Crippen LogP contribution in [0.25, 0.3) is 0 Å². The smallest absolute Gasteiger partial charge is 0.325 e. The van der Waals surface area contributed by atoms with Crippen LogP contribution in [0.4, 0.5) is 0 Å². The molecule has 0 atom stereocenters. The summed E-state index contributed by atoms with van der Waals surface area (Å²) in [5.74, 6) is 0. The molecule has 0 saturated carbocycles. The molecule has 1 heterocycles. The van der Waals surface area contributed by atoms with E-state index in [0.717, 1.165) is 6.42 Å².